The molecule has 2 atom stereocenters. The van der Waals surface area contributed by atoms with E-state index in [9.17, 15) is 14.7 Å². The molecule has 30 heavy (non-hydrogen) atoms. The zero-order valence-corrected chi connectivity index (χ0v) is 16.5. The zero-order valence-electron chi connectivity index (χ0n) is 16.5. The van der Waals surface area contributed by atoms with Crippen LogP contribution in [0.2, 0.25) is 0 Å². The molecule has 2 unspecified atom stereocenters. The smallest absolute Gasteiger partial charge is 0.390 e. The molecular weight excluding hydrogens is 384 g/mol. The fourth-order valence-electron chi connectivity index (χ4n) is 3.86. The predicted molar refractivity (Wildman–Crippen MR) is 111 cm³/mol. The minimum atomic E-state index is -0.844. The summed E-state index contributed by atoms with van der Waals surface area (Å²) in [5, 5.41) is 17.6. The molecule has 0 saturated carbocycles. The second-order valence-corrected chi connectivity index (χ2v) is 7.38. The van der Waals surface area contributed by atoms with E-state index in [0.717, 1.165) is 11.1 Å². The maximum Gasteiger partial charge on any atom is 0.441 e. The summed E-state index contributed by atoms with van der Waals surface area (Å²) in [6.45, 7) is 1.47. The molecule has 1 aliphatic rings. The highest BCUT2D eigenvalue weighted by molar-refractivity contribution is 5.77. The minimum Gasteiger partial charge on any atom is -0.390 e. The van der Waals surface area contributed by atoms with Crippen molar-refractivity contribution in [3.63, 3.8) is 0 Å². The van der Waals surface area contributed by atoms with E-state index in [0.29, 0.717) is 31.9 Å². The first-order valence-electron chi connectivity index (χ1n) is 9.97. The number of aromatic nitrogens is 2. The molecule has 8 nitrogen and oxygen atoms in total. The van der Waals surface area contributed by atoms with Gasteiger partial charge in [0, 0.05) is 37.7 Å². The molecule has 156 valence electrons. The molecule has 8 heteroatoms. The van der Waals surface area contributed by atoms with Gasteiger partial charge in [-0.25, -0.2) is 4.79 Å². The summed E-state index contributed by atoms with van der Waals surface area (Å²) in [5.41, 5.74) is 1.76. The van der Waals surface area contributed by atoms with Crippen molar-refractivity contribution >= 4 is 5.91 Å². The predicted octanol–water partition coefficient (Wildman–Crippen LogP) is 1.43. The first-order chi connectivity index (χ1) is 14.6. The van der Waals surface area contributed by atoms with Gasteiger partial charge in [0.05, 0.1) is 12.6 Å². The summed E-state index contributed by atoms with van der Waals surface area (Å²) in [4.78, 5) is 26.4. The van der Waals surface area contributed by atoms with Crippen molar-refractivity contribution in [3.05, 3.63) is 76.8 Å². The van der Waals surface area contributed by atoms with Crippen LogP contribution in [0.15, 0.2) is 70.0 Å². The van der Waals surface area contributed by atoms with E-state index in [-0.39, 0.29) is 18.5 Å². The van der Waals surface area contributed by atoms with Crippen molar-refractivity contribution < 1.29 is 14.4 Å². The number of aliphatic hydroxyl groups excluding tert-OH is 1. The summed E-state index contributed by atoms with van der Waals surface area (Å²) < 4.78 is 6.19. The van der Waals surface area contributed by atoms with Crippen LogP contribution in [0.1, 0.15) is 18.0 Å². The van der Waals surface area contributed by atoms with Gasteiger partial charge >= 0.3 is 5.76 Å². The number of nitrogens with one attached hydrogen (secondary N) is 1. The third-order valence-corrected chi connectivity index (χ3v) is 5.28. The highest BCUT2D eigenvalue weighted by Crippen LogP contribution is 2.26. The Morgan fingerprint density at radius 3 is 2.50 bits per heavy atom. The topological polar surface area (TPSA) is 101 Å². The average Bonchev–Trinajstić information content (AvgIpc) is 3.01. The van der Waals surface area contributed by atoms with Crippen LogP contribution in [-0.4, -0.2) is 51.4 Å². The normalized spacial score (nSPS) is 18.6. The first kappa shape index (κ1) is 20.1. The molecule has 1 saturated heterocycles. The highest BCUT2D eigenvalue weighted by Gasteiger charge is 2.28. The molecule has 0 radical (unpaired) electrons. The van der Waals surface area contributed by atoms with Gasteiger partial charge in [-0.05, 0) is 5.56 Å². The fourth-order valence-corrected chi connectivity index (χ4v) is 3.86. The van der Waals surface area contributed by atoms with Crippen LogP contribution in [0.5, 0.6) is 0 Å². The Bertz CT molecular complexity index is 1030. The van der Waals surface area contributed by atoms with Crippen molar-refractivity contribution in [2.24, 2.45) is 0 Å². The van der Waals surface area contributed by atoms with Crippen LogP contribution < -0.4 is 11.1 Å². The lowest BCUT2D eigenvalue weighted by Crippen LogP contribution is -2.39. The summed E-state index contributed by atoms with van der Waals surface area (Å²) in [6.07, 6.45) is -0.525. The quantitative estimate of drug-likeness (QED) is 0.640. The Morgan fingerprint density at radius 2 is 1.77 bits per heavy atom. The lowest BCUT2D eigenvalue weighted by molar-refractivity contribution is -0.121. The van der Waals surface area contributed by atoms with Gasteiger partial charge in [-0.15, -0.1) is 0 Å². The summed E-state index contributed by atoms with van der Waals surface area (Å²) in [5.74, 6) is -0.241. The number of carbonyl (C=O) groups excluding carboxylic acids is 1. The number of nitrogens with zero attached hydrogens (tertiary/aromatic N) is 3. The average molecular weight is 408 g/mol. The number of amides is 1. The standard InChI is InChI=1S/C22H24N4O4/c27-18(15-26-21(24-30-22(26)29)17-9-5-2-6-10-17)14-25-12-11-23-20(28)13-19(25)16-7-3-1-4-8-16/h1-10,18-19,27H,11-15H2,(H,23,28). The van der Waals surface area contributed by atoms with Gasteiger partial charge < -0.3 is 10.4 Å². The molecule has 1 fully saturated rings. The van der Waals surface area contributed by atoms with E-state index in [1.54, 1.807) is 0 Å². The Balaban J connectivity index is 1.53. The van der Waals surface area contributed by atoms with Gasteiger partial charge in [-0.1, -0.05) is 65.8 Å². The van der Waals surface area contributed by atoms with Gasteiger partial charge in [-0.3, -0.25) is 18.8 Å². The third-order valence-electron chi connectivity index (χ3n) is 5.28. The van der Waals surface area contributed by atoms with Crippen molar-refractivity contribution in [2.75, 3.05) is 19.6 Å². The third kappa shape index (κ3) is 4.50. The number of rotatable bonds is 6. The summed E-state index contributed by atoms with van der Waals surface area (Å²) in [7, 11) is 0. The van der Waals surface area contributed by atoms with Crippen molar-refractivity contribution in [3.8, 4) is 11.4 Å². The lowest BCUT2D eigenvalue weighted by atomic mass is 10.0. The van der Waals surface area contributed by atoms with Crippen molar-refractivity contribution in [1.82, 2.24) is 19.9 Å². The monoisotopic (exact) mass is 408 g/mol. The second kappa shape index (κ2) is 9.06. The fraction of sp³-hybridized carbons (Fsp3) is 0.318. The Morgan fingerprint density at radius 1 is 1.07 bits per heavy atom. The molecule has 0 spiro atoms. The molecule has 1 amide bonds. The van der Waals surface area contributed by atoms with E-state index in [1.807, 2.05) is 60.7 Å². The number of benzene rings is 2. The number of hydrogen-bond donors (Lipinski definition) is 2. The molecule has 2 aromatic carbocycles. The Labute approximate surface area is 173 Å². The zero-order chi connectivity index (χ0) is 20.9. The molecule has 0 aliphatic carbocycles. The SMILES string of the molecule is O=C1CC(c2ccccc2)N(CC(O)Cn2c(-c3ccccc3)noc2=O)CCN1. The van der Waals surface area contributed by atoms with Crippen LogP contribution >= 0.6 is 0 Å². The molecule has 0 bridgehead atoms. The molecule has 1 aromatic heterocycles. The van der Waals surface area contributed by atoms with Crippen LogP contribution in [0.3, 0.4) is 0 Å². The maximum atomic E-state index is 12.2. The molecule has 4 rings (SSSR count). The Kier molecular flexibility index (Phi) is 6.06. The number of β-amino-alcohol motifs (C(OH)–C–C–N with tert-alkyl or cyclic N) is 1. The number of aliphatic hydroxyl groups is 1. The molecule has 2 N–H and O–H groups in total. The molecule has 2 heterocycles. The van der Waals surface area contributed by atoms with Crippen molar-refractivity contribution in [1.29, 1.82) is 0 Å². The summed E-state index contributed by atoms with van der Waals surface area (Å²) in [6, 6.07) is 18.9. The second-order valence-electron chi connectivity index (χ2n) is 7.38. The maximum absolute atomic E-state index is 12.2. The van der Waals surface area contributed by atoms with E-state index in [4.69, 9.17) is 4.52 Å². The summed E-state index contributed by atoms with van der Waals surface area (Å²) >= 11 is 0. The van der Waals surface area contributed by atoms with E-state index < -0.39 is 11.9 Å². The van der Waals surface area contributed by atoms with E-state index in [2.05, 4.69) is 15.4 Å². The number of carbonyl (C=O) groups is 1. The Hall–Kier alpha value is -3.23. The van der Waals surface area contributed by atoms with Crippen LogP contribution in [0.4, 0.5) is 0 Å². The van der Waals surface area contributed by atoms with Crippen LogP contribution in [-0.2, 0) is 11.3 Å². The van der Waals surface area contributed by atoms with Crippen LogP contribution in [0, 0.1) is 0 Å². The highest BCUT2D eigenvalue weighted by atomic mass is 16.5. The number of hydrogen-bond acceptors (Lipinski definition) is 6. The minimum absolute atomic E-state index is 0.0116. The van der Waals surface area contributed by atoms with E-state index in [1.165, 1.54) is 4.57 Å². The van der Waals surface area contributed by atoms with Gasteiger partial charge in [0.1, 0.15) is 0 Å². The molecular formula is C22H24N4O4. The van der Waals surface area contributed by atoms with Crippen LogP contribution in [0.25, 0.3) is 11.4 Å². The molecule has 1 aliphatic heterocycles. The first-order valence-corrected chi connectivity index (χ1v) is 9.97. The molecule has 3 aromatic rings. The van der Waals surface area contributed by atoms with Gasteiger partial charge in [-0.2, -0.15) is 0 Å². The van der Waals surface area contributed by atoms with E-state index >= 15 is 0 Å². The lowest BCUT2D eigenvalue weighted by Gasteiger charge is -2.31. The largest absolute Gasteiger partial charge is 0.441 e. The van der Waals surface area contributed by atoms with Crippen molar-refractivity contribution in [2.45, 2.75) is 25.1 Å². The van der Waals surface area contributed by atoms with Gasteiger partial charge in [0.2, 0.25) is 5.91 Å². The van der Waals surface area contributed by atoms with Gasteiger partial charge in [0.15, 0.2) is 5.82 Å². The van der Waals surface area contributed by atoms with Gasteiger partial charge in [0.25, 0.3) is 0 Å².